The second kappa shape index (κ2) is 6.53. The van der Waals surface area contributed by atoms with Crippen molar-refractivity contribution in [1.29, 1.82) is 0 Å². The summed E-state index contributed by atoms with van der Waals surface area (Å²) in [6, 6.07) is 19.4. The highest BCUT2D eigenvalue weighted by atomic mass is 35.5. The molecule has 3 aromatic rings. The Bertz CT molecular complexity index is 844. The Hall–Kier alpha value is -1.81. The number of anilines is 2. The molecule has 0 aliphatic rings. The lowest BCUT2D eigenvalue weighted by atomic mass is 10.1. The van der Waals surface area contributed by atoms with Crippen LogP contribution < -0.4 is 10.6 Å². The third kappa shape index (κ3) is 3.33. The van der Waals surface area contributed by atoms with Gasteiger partial charge < -0.3 is 10.6 Å². The van der Waals surface area contributed by atoms with Gasteiger partial charge in [-0.05, 0) is 41.9 Å². The molecule has 3 rings (SSSR count). The molecule has 0 unspecified atom stereocenters. The minimum Gasteiger partial charge on any atom is -0.332 e. The predicted octanol–water partition coefficient (Wildman–Crippen LogP) is 5.96. The summed E-state index contributed by atoms with van der Waals surface area (Å²) in [6.45, 7) is 0. The summed E-state index contributed by atoms with van der Waals surface area (Å²) < 4.78 is 0. The summed E-state index contributed by atoms with van der Waals surface area (Å²) >= 11 is 17.4. The van der Waals surface area contributed by atoms with Crippen molar-refractivity contribution in [2.45, 2.75) is 0 Å². The molecule has 0 heterocycles. The maximum Gasteiger partial charge on any atom is 0.175 e. The van der Waals surface area contributed by atoms with Gasteiger partial charge in [-0.15, -0.1) is 0 Å². The Morgan fingerprint density at radius 1 is 0.818 bits per heavy atom. The maximum atomic E-state index is 6.14. The third-order valence-electron chi connectivity index (χ3n) is 3.22. The molecule has 0 fully saturated rings. The first-order valence-corrected chi connectivity index (χ1v) is 7.81. The summed E-state index contributed by atoms with van der Waals surface area (Å²) in [5.41, 5.74) is 1.66. The van der Waals surface area contributed by atoms with Gasteiger partial charge in [-0.3, -0.25) is 0 Å². The van der Waals surface area contributed by atoms with Gasteiger partial charge in [0.2, 0.25) is 0 Å². The smallest absolute Gasteiger partial charge is 0.175 e. The SMILES string of the molecule is S=C(Nc1ccc(Cl)cc1Cl)Nc1cccc2ccccc12. The first-order chi connectivity index (χ1) is 10.6. The highest BCUT2D eigenvalue weighted by Crippen LogP contribution is 2.26. The van der Waals surface area contributed by atoms with E-state index in [1.807, 2.05) is 24.3 Å². The molecule has 0 bridgehead atoms. The molecule has 0 radical (unpaired) electrons. The largest absolute Gasteiger partial charge is 0.332 e. The summed E-state index contributed by atoms with van der Waals surface area (Å²) in [5, 5.41) is 10.1. The molecule has 0 spiro atoms. The Kier molecular flexibility index (Phi) is 4.48. The average molecular weight is 347 g/mol. The van der Waals surface area contributed by atoms with E-state index in [2.05, 4.69) is 28.8 Å². The van der Waals surface area contributed by atoms with Crippen molar-refractivity contribution in [3.05, 3.63) is 70.7 Å². The quantitative estimate of drug-likeness (QED) is 0.560. The number of fused-ring (bicyclic) bond motifs is 1. The van der Waals surface area contributed by atoms with Crippen LogP contribution in [0.4, 0.5) is 11.4 Å². The zero-order valence-electron chi connectivity index (χ0n) is 11.4. The van der Waals surface area contributed by atoms with Crippen molar-refractivity contribution in [2.24, 2.45) is 0 Å². The molecular weight excluding hydrogens is 335 g/mol. The van der Waals surface area contributed by atoms with Crippen LogP contribution in [0.15, 0.2) is 60.7 Å². The lowest BCUT2D eigenvalue weighted by Gasteiger charge is -2.13. The lowest BCUT2D eigenvalue weighted by Crippen LogP contribution is -2.19. The van der Waals surface area contributed by atoms with Gasteiger partial charge >= 0.3 is 0 Å². The van der Waals surface area contributed by atoms with E-state index < -0.39 is 0 Å². The Morgan fingerprint density at radius 3 is 2.36 bits per heavy atom. The molecule has 110 valence electrons. The van der Waals surface area contributed by atoms with Crippen LogP contribution in [-0.2, 0) is 0 Å². The molecule has 0 aliphatic carbocycles. The molecule has 0 atom stereocenters. The predicted molar refractivity (Wildman–Crippen MR) is 100 cm³/mol. The van der Waals surface area contributed by atoms with Crippen LogP contribution in [-0.4, -0.2) is 5.11 Å². The molecule has 0 aromatic heterocycles. The average Bonchev–Trinajstić information content (AvgIpc) is 2.50. The van der Waals surface area contributed by atoms with Crippen molar-refractivity contribution in [3.63, 3.8) is 0 Å². The lowest BCUT2D eigenvalue weighted by molar-refractivity contribution is 1.61. The van der Waals surface area contributed by atoms with E-state index in [0.717, 1.165) is 16.5 Å². The van der Waals surface area contributed by atoms with Crippen LogP contribution >= 0.6 is 35.4 Å². The molecule has 22 heavy (non-hydrogen) atoms. The van der Waals surface area contributed by atoms with E-state index in [1.165, 1.54) is 0 Å². The van der Waals surface area contributed by atoms with Crippen LogP contribution in [0.5, 0.6) is 0 Å². The first-order valence-electron chi connectivity index (χ1n) is 6.64. The summed E-state index contributed by atoms with van der Waals surface area (Å²) in [7, 11) is 0. The highest BCUT2D eigenvalue weighted by Gasteiger charge is 2.05. The van der Waals surface area contributed by atoms with Crippen molar-refractivity contribution in [3.8, 4) is 0 Å². The number of benzene rings is 3. The van der Waals surface area contributed by atoms with Crippen molar-refractivity contribution >= 4 is 62.7 Å². The van der Waals surface area contributed by atoms with Crippen molar-refractivity contribution < 1.29 is 0 Å². The zero-order chi connectivity index (χ0) is 15.5. The fraction of sp³-hybridized carbons (Fsp3) is 0. The van der Waals surface area contributed by atoms with E-state index in [0.29, 0.717) is 20.8 Å². The second-order valence-corrected chi connectivity index (χ2v) is 5.98. The van der Waals surface area contributed by atoms with Gasteiger partial charge in [-0.25, -0.2) is 0 Å². The molecule has 2 N–H and O–H groups in total. The van der Waals surface area contributed by atoms with Crippen LogP contribution in [0, 0.1) is 0 Å². The second-order valence-electron chi connectivity index (χ2n) is 4.73. The van der Waals surface area contributed by atoms with Gasteiger partial charge in [-0.2, -0.15) is 0 Å². The minimum atomic E-state index is 0.473. The molecule has 2 nitrogen and oxygen atoms in total. The van der Waals surface area contributed by atoms with Gasteiger partial charge in [0.05, 0.1) is 10.7 Å². The summed E-state index contributed by atoms with van der Waals surface area (Å²) in [6.07, 6.45) is 0. The molecule has 5 heteroatoms. The van der Waals surface area contributed by atoms with E-state index in [-0.39, 0.29) is 0 Å². The number of hydrogen-bond donors (Lipinski definition) is 2. The fourth-order valence-corrected chi connectivity index (χ4v) is 2.88. The molecule has 0 amide bonds. The van der Waals surface area contributed by atoms with Gasteiger partial charge in [0.25, 0.3) is 0 Å². The Morgan fingerprint density at radius 2 is 1.55 bits per heavy atom. The third-order valence-corrected chi connectivity index (χ3v) is 3.97. The molecule has 3 aromatic carbocycles. The number of halogens is 2. The topological polar surface area (TPSA) is 24.1 Å². The maximum absolute atomic E-state index is 6.14. The monoisotopic (exact) mass is 346 g/mol. The van der Waals surface area contributed by atoms with Crippen molar-refractivity contribution in [2.75, 3.05) is 10.6 Å². The van der Waals surface area contributed by atoms with Crippen LogP contribution in [0.2, 0.25) is 10.0 Å². The van der Waals surface area contributed by atoms with Crippen LogP contribution in [0.1, 0.15) is 0 Å². The van der Waals surface area contributed by atoms with Crippen LogP contribution in [0.25, 0.3) is 10.8 Å². The van der Waals surface area contributed by atoms with Crippen molar-refractivity contribution in [1.82, 2.24) is 0 Å². The zero-order valence-corrected chi connectivity index (χ0v) is 13.8. The van der Waals surface area contributed by atoms with Gasteiger partial charge in [0.1, 0.15) is 0 Å². The molecule has 0 saturated carbocycles. The van der Waals surface area contributed by atoms with E-state index in [1.54, 1.807) is 18.2 Å². The number of nitrogens with one attached hydrogen (secondary N) is 2. The van der Waals surface area contributed by atoms with Crippen LogP contribution in [0.3, 0.4) is 0 Å². The normalized spacial score (nSPS) is 10.5. The summed E-state index contributed by atoms with van der Waals surface area (Å²) in [4.78, 5) is 0. The summed E-state index contributed by atoms with van der Waals surface area (Å²) in [5.74, 6) is 0. The highest BCUT2D eigenvalue weighted by molar-refractivity contribution is 7.80. The molecule has 0 aliphatic heterocycles. The van der Waals surface area contributed by atoms with Gasteiger partial charge in [-0.1, -0.05) is 59.6 Å². The fourth-order valence-electron chi connectivity index (χ4n) is 2.20. The number of hydrogen-bond acceptors (Lipinski definition) is 1. The van der Waals surface area contributed by atoms with E-state index in [4.69, 9.17) is 35.4 Å². The molecule has 0 saturated heterocycles. The number of thiocarbonyl (C=S) groups is 1. The number of rotatable bonds is 2. The standard InChI is InChI=1S/C17H12Cl2N2S/c18-12-8-9-16(14(19)10-12)21-17(22)20-15-7-3-5-11-4-1-2-6-13(11)15/h1-10H,(H2,20,21,22). The Balaban J connectivity index is 1.81. The Labute approximate surface area is 144 Å². The first kappa shape index (κ1) is 15.1. The van der Waals surface area contributed by atoms with Gasteiger partial charge in [0, 0.05) is 16.1 Å². The van der Waals surface area contributed by atoms with E-state index >= 15 is 0 Å². The van der Waals surface area contributed by atoms with E-state index in [9.17, 15) is 0 Å². The minimum absolute atomic E-state index is 0.473. The van der Waals surface area contributed by atoms with Gasteiger partial charge in [0.15, 0.2) is 5.11 Å². The molecular formula is C17H12Cl2N2S.